The highest BCUT2D eigenvalue weighted by Crippen LogP contribution is 2.53. The van der Waals surface area contributed by atoms with Crippen LogP contribution in [0.3, 0.4) is 0 Å². The highest BCUT2D eigenvalue weighted by molar-refractivity contribution is 5.90. The van der Waals surface area contributed by atoms with E-state index in [1.165, 1.54) is 50.5 Å². The van der Waals surface area contributed by atoms with Gasteiger partial charge in [-0.25, -0.2) is 0 Å². The van der Waals surface area contributed by atoms with E-state index in [9.17, 15) is 4.79 Å². The molecule has 0 saturated heterocycles. The van der Waals surface area contributed by atoms with Crippen LogP contribution in [0.1, 0.15) is 99.3 Å². The first-order valence-electron chi connectivity index (χ1n) is 13.5. The van der Waals surface area contributed by atoms with Gasteiger partial charge in [-0.15, -0.1) is 0 Å². The normalized spacial score (nSPS) is 24.2. The summed E-state index contributed by atoms with van der Waals surface area (Å²) < 4.78 is 18.4. The molecule has 5 nitrogen and oxygen atoms in total. The minimum Gasteiger partial charge on any atom is -0.496 e. The maximum absolute atomic E-state index is 12.7. The molecule has 1 heterocycles. The molecule has 0 unspecified atom stereocenters. The molecule has 0 bridgehead atoms. The smallest absolute Gasteiger partial charge is 0.224 e. The Morgan fingerprint density at radius 2 is 1.63 bits per heavy atom. The fraction of sp³-hybridized carbons (Fsp3) is 0.567. The van der Waals surface area contributed by atoms with Crippen LogP contribution in [0.5, 0.6) is 11.5 Å². The van der Waals surface area contributed by atoms with Crippen LogP contribution in [0, 0.1) is 5.92 Å². The number of nitrogens with one attached hydrogen (secondary N) is 1. The molecular weight excluding hydrogens is 438 g/mol. The molecule has 2 aromatic rings. The van der Waals surface area contributed by atoms with Gasteiger partial charge in [0.05, 0.1) is 20.3 Å². The number of anilines is 1. The van der Waals surface area contributed by atoms with Gasteiger partial charge in [-0.1, -0.05) is 57.1 Å². The number of rotatable bonds is 7. The molecule has 1 N–H and O–H groups in total. The number of ether oxygens (including phenoxy) is 3. The fourth-order valence-electron chi connectivity index (χ4n) is 6.50. The van der Waals surface area contributed by atoms with Crippen LogP contribution in [0.2, 0.25) is 0 Å². The van der Waals surface area contributed by atoms with E-state index < -0.39 is 0 Å². The molecule has 2 aromatic carbocycles. The van der Waals surface area contributed by atoms with E-state index in [1.807, 2.05) is 24.3 Å². The van der Waals surface area contributed by atoms with Gasteiger partial charge < -0.3 is 19.5 Å². The third-order valence-electron chi connectivity index (χ3n) is 8.27. The molecule has 3 atom stereocenters. The van der Waals surface area contributed by atoms with Gasteiger partial charge in [-0.3, -0.25) is 4.79 Å². The van der Waals surface area contributed by atoms with Crippen LogP contribution in [-0.2, 0) is 9.53 Å². The van der Waals surface area contributed by atoms with Crippen LogP contribution < -0.4 is 14.8 Å². The Kier molecular flexibility index (Phi) is 7.62. The number of hydrogen-bond donors (Lipinski definition) is 1. The molecule has 2 saturated carbocycles. The summed E-state index contributed by atoms with van der Waals surface area (Å²) in [6.07, 6.45) is 12.6. The minimum absolute atomic E-state index is 0.101. The number of hydrogen-bond acceptors (Lipinski definition) is 4. The molecule has 35 heavy (non-hydrogen) atoms. The summed E-state index contributed by atoms with van der Waals surface area (Å²) in [4.78, 5) is 12.7. The van der Waals surface area contributed by atoms with Gasteiger partial charge in [0.1, 0.15) is 17.6 Å². The zero-order chi connectivity index (χ0) is 24.2. The largest absolute Gasteiger partial charge is 0.496 e. The van der Waals surface area contributed by atoms with E-state index in [1.54, 1.807) is 14.2 Å². The quantitative estimate of drug-likeness (QED) is 0.460. The van der Waals surface area contributed by atoms with E-state index in [0.717, 1.165) is 47.6 Å². The fourth-order valence-corrected chi connectivity index (χ4v) is 6.50. The van der Waals surface area contributed by atoms with Gasteiger partial charge in [0.15, 0.2) is 0 Å². The summed E-state index contributed by atoms with van der Waals surface area (Å²) >= 11 is 0. The summed E-state index contributed by atoms with van der Waals surface area (Å²) in [5.41, 5.74) is 4.16. The standard InChI is InChI=1S/C30H39NO4/c1-33-25-16-17-26(34-2)29-28(25)23-13-6-7-14-24(23)35-30(29)21-11-8-12-22(19-21)31-27(32)18-15-20-9-4-3-5-10-20/h8,11-12,16-17,19-20,23-24,30H,3-7,9-10,13-15,18H2,1-2H3,(H,31,32)/t23-,24+,30-/m0/s1. The highest BCUT2D eigenvalue weighted by Gasteiger charge is 2.41. The number of amides is 1. The van der Waals surface area contributed by atoms with Crippen molar-refractivity contribution in [2.45, 2.75) is 88.8 Å². The molecule has 2 aliphatic carbocycles. The number of carbonyl (C=O) groups excluding carboxylic acids is 1. The molecule has 5 rings (SSSR count). The Morgan fingerprint density at radius 3 is 2.40 bits per heavy atom. The van der Waals surface area contributed by atoms with Gasteiger partial charge in [-0.2, -0.15) is 0 Å². The zero-order valence-corrected chi connectivity index (χ0v) is 21.2. The predicted molar refractivity (Wildman–Crippen MR) is 138 cm³/mol. The van der Waals surface area contributed by atoms with Crippen molar-refractivity contribution in [2.75, 3.05) is 19.5 Å². The molecule has 188 valence electrons. The monoisotopic (exact) mass is 477 g/mol. The Labute approximate surface area is 209 Å². The first-order valence-corrected chi connectivity index (χ1v) is 13.5. The lowest BCUT2D eigenvalue weighted by Crippen LogP contribution is -2.34. The van der Waals surface area contributed by atoms with Crippen LogP contribution >= 0.6 is 0 Å². The van der Waals surface area contributed by atoms with Crippen molar-refractivity contribution >= 4 is 11.6 Å². The molecule has 2 fully saturated rings. The van der Waals surface area contributed by atoms with E-state index in [-0.39, 0.29) is 18.1 Å². The molecular formula is C30H39NO4. The first kappa shape index (κ1) is 24.2. The second-order valence-corrected chi connectivity index (χ2v) is 10.5. The Morgan fingerprint density at radius 1 is 0.914 bits per heavy atom. The van der Waals surface area contributed by atoms with Crippen LogP contribution in [0.15, 0.2) is 36.4 Å². The predicted octanol–water partition coefficient (Wildman–Crippen LogP) is 7.15. The second-order valence-electron chi connectivity index (χ2n) is 10.5. The van der Waals surface area contributed by atoms with E-state index >= 15 is 0 Å². The maximum atomic E-state index is 12.7. The van der Waals surface area contributed by atoms with E-state index in [2.05, 4.69) is 17.4 Å². The molecule has 0 aromatic heterocycles. The van der Waals surface area contributed by atoms with E-state index in [0.29, 0.717) is 18.3 Å². The van der Waals surface area contributed by atoms with E-state index in [4.69, 9.17) is 14.2 Å². The van der Waals surface area contributed by atoms with Crippen molar-refractivity contribution in [3.63, 3.8) is 0 Å². The van der Waals surface area contributed by atoms with Crippen molar-refractivity contribution in [2.24, 2.45) is 5.92 Å². The van der Waals surface area contributed by atoms with Crippen molar-refractivity contribution in [1.82, 2.24) is 0 Å². The van der Waals surface area contributed by atoms with Crippen LogP contribution in [0.25, 0.3) is 0 Å². The lowest BCUT2D eigenvalue weighted by Gasteiger charge is -2.42. The van der Waals surface area contributed by atoms with Gasteiger partial charge in [0.2, 0.25) is 5.91 Å². The number of benzene rings is 2. The number of fused-ring (bicyclic) bond motifs is 3. The zero-order valence-electron chi connectivity index (χ0n) is 21.2. The summed E-state index contributed by atoms with van der Waals surface area (Å²) in [5, 5.41) is 3.14. The molecule has 1 aliphatic heterocycles. The summed E-state index contributed by atoms with van der Waals surface area (Å²) in [6, 6.07) is 12.1. The van der Waals surface area contributed by atoms with Crippen molar-refractivity contribution in [3.05, 3.63) is 53.1 Å². The third kappa shape index (κ3) is 5.20. The van der Waals surface area contributed by atoms with Gasteiger partial charge in [-0.05, 0) is 55.0 Å². The lowest BCUT2D eigenvalue weighted by atomic mass is 9.75. The average molecular weight is 478 g/mol. The van der Waals surface area contributed by atoms with Crippen molar-refractivity contribution in [1.29, 1.82) is 0 Å². The summed E-state index contributed by atoms with van der Waals surface area (Å²) in [5.74, 6) is 2.88. The first-order chi connectivity index (χ1) is 17.2. The van der Waals surface area contributed by atoms with Gasteiger partial charge >= 0.3 is 0 Å². The summed E-state index contributed by atoms with van der Waals surface area (Å²) in [7, 11) is 3.46. The van der Waals surface area contributed by atoms with Crippen LogP contribution in [0.4, 0.5) is 5.69 Å². The van der Waals surface area contributed by atoms with Crippen molar-refractivity contribution in [3.8, 4) is 11.5 Å². The molecule has 0 spiro atoms. The second kappa shape index (κ2) is 11.0. The Hall–Kier alpha value is -2.53. The Balaban J connectivity index is 1.40. The molecule has 3 aliphatic rings. The molecule has 5 heteroatoms. The van der Waals surface area contributed by atoms with Gasteiger partial charge in [0, 0.05) is 29.2 Å². The van der Waals surface area contributed by atoms with Crippen LogP contribution in [-0.4, -0.2) is 26.2 Å². The number of methoxy groups -OCH3 is 2. The highest BCUT2D eigenvalue weighted by atomic mass is 16.5. The maximum Gasteiger partial charge on any atom is 0.224 e. The summed E-state index contributed by atoms with van der Waals surface area (Å²) in [6.45, 7) is 0. The average Bonchev–Trinajstić information content (AvgIpc) is 2.91. The lowest BCUT2D eigenvalue weighted by molar-refractivity contribution is -0.116. The van der Waals surface area contributed by atoms with Gasteiger partial charge in [0.25, 0.3) is 0 Å². The minimum atomic E-state index is -0.256. The SMILES string of the molecule is COc1ccc(OC)c2c1[C@H](c1cccc(NC(=O)CCC3CCCCC3)c1)O[C@@H]1CCCC[C@H]21. The molecule has 0 radical (unpaired) electrons. The molecule has 1 amide bonds. The third-order valence-corrected chi connectivity index (χ3v) is 8.27. The topological polar surface area (TPSA) is 56.8 Å². The Bertz CT molecular complexity index is 1030. The van der Waals surface area contributed by atoms with Crippen molar-refractivity contribution < 1.29 is 19.0 Å². The number of carbonyl (C=O) groups is 1.